The van der Waals surface area contributed by atoms with Crippen molar-refractivity contribution in [2.75, 3.05) is 12.4 Å². The zero-order chi connectivity index (χ0) is 23.7. The molecule has 4 aromatic rings. The van der Waals surface area contributed by atoms with Crippen molar-refractivity contribution in [3.63, 3.8) is 0 Å². The smallest absolute Gasteiger partial charge is 0.261 e. The van der Waals surface area contributed by atoms with Crippen LogP contribution in [0.2, 0.25) is 0 Å². The number of ether oxygens (including phenoxy) is 1. The molecule has 9 heteroatoms. The average Bonchev–Trinajstić information content (AvgIpc) is 3.28. The molecule has 0 saturated heterocycles. The van der Waals surface area contributed by atoms with Crippen molar-refractivity contribution in [2.24, 2.45) is 0 Å². The molecule has 0 unspecified atom stereocenters. The molecule has 2 aromatic carbocycles. The number of methoxy groups -OCH3 is 1. The lowest BCUT2D eigenvalue weighted by Gasteiger charge is -2.16. The molecule has 2 aromatic heterocycles. The number of aromatic nitrogens is 3. The van der Waals surface area contributed by atoms with Crippen molar-refractivity contribution < 1.29 is 13.9 Å². The zero-order valence-corrected chi connectivity index (χ0v) is 19.5. The van der Waals surface area contributed by atoms with Gasteiger partial charge in [0.05, 0.1) is 23.7 Å². The Labute approximate surface area is 199 Å². The predicted molar refractivity (Wildman–Crippen MR) is 130 cm³/mol. The van der Waals surface area contributed by atoms with Gasteiger partial charge in [0.15, 0.2) is 16.7 Å². The van der Waals surface area contributed by atoms with Crippen molar-refractivity contribution in [1.82, 2.24) is 14.5 Å². The zero-order valence-electron chi connectivity index (χ0n) is 18.6. The Morgan fingerprint density at radius 3 is 2.79 bits per heavy atom. The standard InChI is InChI=1S/C25H23FN4O3S/c1-33-21-10-8-15(12-18(21)26)20-14-34-25(28-20)29-23(31)16-7-9-17-19(13-16)27-22-6-4-2-3-5-11-30(22)24(17)32/h7-10,12-14H,2-6,11H2,1H3,(H,28,29,31). The third kappa shape index (κ3) is 4.31. The third-order valence-electron chi connectivity index (χ3n) is 6.00. The number of anilines is 1. The van der Waals surface area contributed by atoms with Crippen LogP contribution in [0.3, 0.4) is 0 Å². The maximum atomic E-state index is 14.0. The molecule has 0 saturated carbocycles. The van der Waals surface area contributed by atoms with E-state index in [0.29, 0.717) is 39.4 Å². The molecule has 3 heterocycles. The van der Waals surface area contributed by atoms with Gasteiger partial charge in [0.2, 0.25) is 0 Å². The summed E-state index contributed by atoms with van der Waals surface area (Å²) in [6.45, 7) is 0.684. The number of halogens is 1. The molecule has 0 atom stereocenters. The van der Waals surface area contributed by atoms with Gasteiger partial charge in [0.25, 0.3) is 11.5 Å². The Morgan fingerprint density at radius 2 is 1.97 bits per heavy atom. The second kappa shape index (κ2) is 9.34. The molecule has 34 heavy (non-hydrogen) atoms. The maximum Gasteiger partial charge on any atom is 0.261 e. The van der Waals surface area contributed by atoms with Crippen molar-refractivity contribution in [1.29, 1.82) is 0 Å². The van der Waals surface area contributed by atoms with Crippen LogP contribution in [0.25, 0.3) is 22.2 Å². The number of carbonyl (C=O) groups is 1. The van der Waals surface area contributed by atoms with Gasteiger partial charge >= 0.3 is 0 Å². The van der Waals surface area contributed by atoms with E-state index in [1.807, 2.05) is 0 Å². The van der Waals surface area contributed by atoms with Crippen molar-refractivity contribution in [3.8, 4) is 17.0 Å². The summed E-state index contributed by atoms with van der Waals surface area (Å²) in [5, 5.41) is 5.44. The van der Waals surface area contributed by atoms with Gasteiger partial charge in [-0.2, -0.15) is 0 Å². The lowest BCUT2D eigenvalue weighted by atomic mass is 10.1. The third-order valence-corrected chi connectivity index (χ3v) is 6.76. The number of carbonyl (C=O) groups excluding carboxylic acids is 1. The number of hydrogen-bond acceptors (Lipinski definition) is 6. The molecule has 0 bridgehead atoms. The molecule has 1 amide bonds. The predicted octanol–water partition coefficient (Wildman–Crippen LogP) is 5.04. The highest BCUT2D eigenvalue weighted by Gasteiger charge is 2.16. The molecule has 0 spiro atoms. The highest BCUT2D eigenvalue weighted by Crippen LogP contribution is 2.28. The Hall–Kier alpha value is -3.59. The number of amides is 1. The molecule has 1 N–H and O–H groups in total. The summed E-state index contributed by atoms with van der Waals surface area (Å²) in [5.74, 6) is 0.111. The second-order valence-corrected chi connectivity index (χ2v) is 9.08. The number of nitrogens with one attached hydrogen (secondary N) is 1. The van der Waals surface area contributed by atoms with E-state index in [1.54, 1.807) is 34.2 Å². The largest absolute Gasteiger partial charge is 0.494 e. The summed E-state index contributed by atoms with van der Waals surface area (Å²) in [6.07, 6.45) is 4.99. The molecule has 0 radical (unpaired) electrons. The SMILES string of the molecule is COc1ccc(-c2csc(NC(=O)c3ccc4c(=O)n5c(nc4c3)CCCCCC5)n2)cc1F. The molecule has 5 rings (SSSR count). The molecule has 0 fully saturated rings. The summed E-state index contributed by atoms with van der Waals surface area (Å²) >= 11 is 1.25. The van der Waals surface area contributed by atoms with Gasteiger partial charge in [-0.15, -0.1) is 11.3 Å². The molecule has 1 aliphatic rings. The lowest BCUT2D eigenvalue weighted by molar-refractivity contribution is 0.102. The first-order valence-electron chi connectivity index (χ1n) is 11.2. The Kier molecular flexibility index (Phi) is 6.10. The minimum Gasteiger partial charge on any atom is -0.494 e. The minimum absolute atomic E-state index is 0.0508. The maximum absolute atomic E-state index is 14.0. The fraction of sp³-hybridized carbons (Fsp3) is 0.280. The Balaban J connectivity index is 1.39. The number of benzene rings is 2. The molecule has 174 valence electrons. The van der Waals surface area contributed by atoms with E-state index >= 15 is 0 Å². The van der Waals surface area contributed by atoms with Crippen LogP contribution in [0.5, 0.6) is 5.75 Å². The van der Waals surface area contributed by atoms with Gasteiger partial charge in [-0.1, -0.05) is 12.8 Å². The van der Waals surface area contributed by atoms with Crippen LogP contribution in [-0.2, 0) is 13.0 Å². The van der Waals surface area contributed by atoms with Crippen molar-refractivity contribution in [3.05, 3.63) is 69.3 Å². The van der Waals surface area contributed by atoms with Crippen LogP contribution in [-0.4, -0.2) is 27.6 Å². The topological polar surface area (TPSA) is 86.1 Å². The summed E-state index contributed by atoms with van der Waals surface area (Å²) in [6, 6.07) is 9.54. The first-order chi connectivity index (χ1) is 16.5. The molecular weight excluding hydrogens is 455 g/mol. The molecule has 0 aliphatic carbocycles. The van der Waals surface area contributed by atoms with E-state index in [9.17, 15) is 14.0 Å². The fourth-order valence-corrected chi connectivity index (χ4v) is 4.91. The fourth-order valence-electron chi connectivity index (χ4n) is 4.20. The Bertz CT molecular complexity index is 1450. The quantitative estimate of drug-likeness (QED) is 0.444. The van der Waals surface area contributed by atoms with E-state index in [4.69, 9.17) is 9.72 Å². The van der Waals surface area contributed by atoms with E-state index in [-0.39, 0.29) is 17.2 Å². The van der Waals surface area contributed by atoms with Gasteiger partial charge < -0.3 is 4.74 Å². The van der Waals surface area contributed by atoms with Crippen LogP contribution in [0, 0.1) is 5.82 Å². The van der Waals surface area contributed by atoms with Gasteiger partial charge in [0.1, 0.15) is 5.82 Å². The van der Waals surface area contributed by atoms with E-state index < -0.39 is 5.82 Å². The van der Waals surface area contributed by atoms with Crippen LogP contribution in [0.1, 0.15) is 41.9 Å². The van der Waals surface area contributed by atoms with Crippen molar-refractivity contribution >= 4 is 33.3 Å². The number of aryl methyl sites for hydroxylation is 1. The van der Waals surface area contributed by atoms with Crippen LogP contribution in [0.15, 0.2) is 46.6 Å². The molecular formula is C25H23FN4O3S. The second-order valence-electron chi connectivity index (χ2n) is 8.22. The van der Waals surface area contributed by atoms with E-state index in [1.165, 1.54) is 30.6 Å². The summed E-state index contributed by atoms with van der Waals surface area (Å²) in [5.41, 5.74) is 2.00. The molecule has 1 aliphatic heterocycles. The van der Waals surface area contributed by atoms with E-state index in [2.05, 4.69) is 10.3 Å². The minimum atomic E-state index is -0.480. The first kappa shape index (κ1) is 22.2. The van der Waals surface area contributed by atoms with Gasteiger partial charge in [0, 0.05) is 29.5 Å². The van der Waals surface area contributed by atoms with E-state index in [0.717, 1.165) is 37.9 Å². The number of nitrogens with zero attached hydrogens (tertiary/aromatic N) is 3. The highest BCUT2D eigenvalue weighted by atomic mass is 32.1. The van der Waals surface area contributed by atoms with Crippen LogP contribution >= 0.6 is 11.3 Å². The lowest BCUT2D eigenvalue weighted by Crippen LogP contribution is -2.26. The van der Waals surface area contributed by atoms with Crippen LogP contribution in [0.4, 0.5) is 9.52 Å². The highest BCUT2D eigenvalue weighted by molar-refractivity contribution is 7.14. The van der Waals surface area contributed by atoms with Gasteiger partial charge in [-0.05, 0) is 49.2 Å². The average molecular weight is 479 g/mol. The number of hydrogen-bond donors (Lipinski definition) is 1. The Morgan fingerprint density at radius 1 is 1.12 bits per heavy atom. The van der Waals surface area contributed by atoms with Crippen molar-refractivity contribution in [2.45, 2.75) is 38.6 Å². The molecule has 7 nitrogen and oxygen atoms in total. The number of rotatable bonds is 4. The summed E-state index contributed by atoms with van der Waals surface area (Å²) < 4.78 is 20.8. The number of fused-ring (bicyclic) bond motifs is 2. The normalized spacial score (nSPS) is 13.7. The monoisotopic (exact) mass is 478 g/mol. The first-order valence-corrected chi connectivity index (χ1v) is 12.1. The number of thiazole rings is 1. The van der Waals surface area contributed by atoms with Crippen LogP contribution < -0.4 is 15.6 Å². The van der Waals surface area contributed by atoms with Gasteiger partial charge in [-0.25, -0.2) is 14.4 Å². The summed E-state index contributed by atoms with van der Waals surface area (Å²) in [4.78, 5) is 35.0. The summed E-state index contributed by atoms with van der Waals surface area (Å²) in [7, 11) is 1.41. The van der Waals surface area contributed by atoms with Gasteiger partial charge in [-0.3, -0.25) is 19.5 Å².